The van der Waals surface area contributed by atoms with Crippen LogP contribution >= 0.6 is 0 Å². The van der Waals surface area contributed by atoms with Crippen molar-refractivity contribution in [2.75, 3.05) is 32.9 Å². The number of carbonyl (C=O) groups is 1. The Balaban J connectivity index is 2.41. The fourth-order valence-corrected chi connectivity index (χ4v) is 1.53. The molecule has 0 aromatic carbocycles. The first-order chi connectivity index (χ1) is 7.15. The van der Waals surface area contributed by atoms with Crippen LogP contribution in [0.5, 0.6) is 0 Å². The molecule has 1 fully saturated rings. The Morgan fingerprint density at radius 3 is 3.00 bits per heavy atom. The van der Waals surface area contributed by atoms with Crippen LogP contribution in [0, 0.1) is 0 Å². The van der Waals surface area contributed by atoms with Crippen LogP contribution in [0.1, 0.15) is 13.8 Å². The van der Waals surface area contributed by atoms with Gasteiger partial charge in [0.2, 0.25) is 5.91 Å². The summed E-state index contributed by atoms with van der Waals surface area (Å²) in [4.78, 5) is 13.5. The number of aliphatic hydroxyl groups is 1. The van der Waals surface area contributed by atoms with Gasteiger partial charge in [0.25, 0.3) is 0 Å². The van der Waals surface area contributed by atoms with Crippen molar-refractivity contribution >= 4 is 5.91 Å². The SMILES string of the molecule is CC(C)NCC(=O)N1CCOCC1CO. The molecule has 1 aliphatic rings. The lowest BCUT2D eigenvalue weighted by molar-refractivity contribution is -0.140. The lowest BCUT2D eigenvalue weighted by atomic mass is 10.2. The number of hydrogen-bond acceptors (Lipinski definition) is 4. The molecule has 1 rings (SSSR count). The molecule has 1 amide bonds. The van der Waals surface area contributed by atoms with Gasteiger partial charge in [-0.1, -0.05) is 13.8 Å². The van der Waals surface area contributed by atoms with Crippen molar-refractivity contribution in [1.82, 2.24) is 10.2 Å². The summed E-state index contributed by atoms with van der Waals surface area (Å²) in [5, 5.41) is 12.2. The quantitative estimate of drug-likeness (QED) is 0.646. The van der Waals surface area contributed by atoms with Crippen molar-refractivity contribution in [2.45, 2.75) is 25.9 Å². The molecule has 1 unspecified atom stereocenters. The number of amides is 1. The Morgan fingerprint density at radius 1 is 1.67 bits per heavy atom. The minimum absolute atomic E-state index is 0.0334. The van der Waals surface area contributed by atoms with Gasteiger partial charge >= 0.3 is 0 Å². The molecule has 0 aliphatic carbocycles. The molecular weight excluding hydrogens is 196 g/mol. The second kappa shape index (κ2) is 6.05. The highest BCUT2D eigenvalue weighted by Gasteiger charge is 2.26. The zero-order valence-corrected chi connectivity index (χ0v) is 9.40. The van der Waals surface area contributed by atoms with Gasteiger partial charge in [-0.05, 0) is 0 Å². The third-order valence-electron chi connectivity index (χ3n) is 2.42. The largest absolute Gasteiger partial charge is 0.394 e. The summed E-state index contributed by atoms with van der Waals surface area (Å²) in [6.07, 6.45) is 0. The molecule has 15 heavy (non-hydrogen) atoms. The minimum Gasteiger partial charge on any atom is -0.394 e. The minimum atomic E-state index is -0.180. The number of morpholine rings is 1. The van der Waals surface area contributed by atoms with E-state index in [9.17, 15) is 4.79 Å². The van der Waals surface area contributed by atoms with Crippen LogP contribution in [0.25, 0.3) is 0 Å². The first-order valence-corrected chi connectivity index (χ1v) is 5.36. The van der Waals surface area contributed by atoms with Crippen molar-refractivity contribution in [3.63, 3.8) is 0 Å². The highest BCUT2D eigenvalue weighted by atomic mass is 16.5. The van der Waals surface area contributed by atoms with Gasteiger partial charge in [-0.3, -0.25) is 4.79 Å². The summed E-state index contributed by atoms with van der Waals surface area (Å²) >= 11 is 0. The fraction of sp³-hybridized carbons (Fsp3) is 0.900. The van der Waals surface area contributed by atoms with Crippen LogP contribution < -0.4 is 5.32 Å². The molecule has 1 heterocycles. The molecule has 1 atom stereocenters. The molecule has 2 N–H and O–H groups in total. The predicted molar refractivity (Wildman–Crippen MR) is 56.5 cm³/mol. The van der Waals surface area contributed by atoms with E-state index >= 15 is 0 Å². The van der Waals surface area contributed by atoms with Gasteiger partial charge in [-0.15, -0.1) is 0 Å². The molecular formula is C10H20N2O3. The molecule has 0 aromatic rings. The van der Waals surface area contributed by atoms with Gasteiger partial charge in [0.05, 0.1) is 32.4 Å². The van der Waals surface area contributed by atoms with Crippen LogP contribution in [-0.4, -0.2) is 60.9 Å². The smallest absolute Gasteiger partial charge is 0.237 e. The Hall–Kier alpha value is -0.650. The van der Waals surface area contributed by atoms with E-state index in [0.29, 0.717) is 32.3 Å². The fourth-order valence-electron chi connectivity index (χ4n) is 1.53. The average molecular weight is 216 g/mol. The predicted octanol–water partition coefficient (Wildman–Crippen LogP) is -0.796. The van der Waals surface area contributed by atoms with Crippen LogP contribution in [-0.2, 0) is 9.53 Å². The maximum absolute atomic E-state index is 11.8. The number of carbonyl (C=O) groups excluding carboxylic acids is 1. The van der Waals surface area contributed by atoms with E-state index in [-0.39, 0.29) is 18.6 Å². The molecule has 1 aliphatic heterocycles. The molecule has 0 bridgehead atoms. The van der Waals surface area contributed by atoms with E-state index < -0.39 is 0 Å². The van der Waals surface area contributed by atoms with E-state index in [0.717, 1.165) is 0 Å². The maximum atomic E-state index is 11.8. The van der Waals surface area contributed by atoms with E-state index in [1.54, 1.807) is 4.90 Å². The first-order valence-electron chi connectivity index (χ1n) is 5.36. The van der Waals surface area contributed by atoms with Crippen LogP contribution in [0.4, 0.5) is 0 Å². The monoisotopic (exact) mass is 216 g/mol. The number of hydrogen-bond donors (Lipinski definition) is 2. The number of ether oxygens (including phenoxy) is 1. The van der Waals surface area contributed by atoms with Crippen LogP contribution in [0.15, 0.2) is 0 Å². The van der Waals surface area contributed by atoms with Crippen molar-refractivity contribution in [3.8, 4) is 0 Å². The molecule has 1 saturated heterocycles. The van der Waals surface area contributed by atoms with Gasteiger partial charge in [-0.25, -0.2) is 0 Å². The Labute approximate surface area is 90.4 Å². The van der Waals surface area contributed by atoms with E-state index in [2.05, 4.69) is 5.32 Å². The summed E-state index contributed by atoms with van der Waals surface area (Å²) < 4.78 is 5.20. The highest BCUT2D eigenvalue weighted by Crippen LogP contribution is 2.06. The van der Waals surface area contributed by atoms with Crippen molar-refractivity contribution in [2.24, 2.45) is 0 Å². The topological polar surface area (TPSA) is 61.8 Å². The lowest BCUT2D eigenvalue weighted by Gasteiger charge is -2.34. The summed E-state index contributed by atoms with van der Waals surface area (Å²) in [5.41, 5.74) is 0. The normalized spacial score (nSPS) is 22.1. The summed E-state index contributed by atoms with van der Waals surface area (Å²) in [7, 11) is 0. The first kappa shape index (κ1) is 12.4. The summed E-state index contributed by atoms with van der Waals surface area (Å²) in [5.74, 6) is 0.0334. The van der Waals surface area contributed by atoms with Crippen LogP contribution in [0.3, 0.4) is 0 Å². The van der Waals surface area contributed by atoms with Gasteiger partial charge in [0.1, 0.15) is 0 Å². The highest BCUT2D eigenvalue weighted by molar-refractivity contribution is 5.78. The second-order valence-electron chi connectivity index (χ2n) is 4.03. The number of nitrogens with one attached hydrogen (secondary N) is 1. The molecule has 88 valence electrons. The van der Waals surface area contributed by atoms with Crippen LogP contribution in [0.2, 0.25) is 0 Å². The Bertz CT molecular complexity index is 209. The van der Waals surface area contributed by atoms with E-state index in [4.69, 9.17) is 9.84 Å². The molecule has 0 radical (unpaired) electrons. The molecule has 0 saturated carbocycles. The standard InChI is InChI=1S/C10H20N2O3/c1-8(2)11-5-10(14)12-3-4-15-7-9(12)6-13/h8-9,11,13H,3-7H2,1-2H3. The van der Waals surface area contributed by atoms with Crippen molar-refractivity contribution < 1.29 is 14.6 Å². The van der Waals surface area contributed by atoms with Gasteiger partial charge in [-0.2, -0.15) is 0 Å². The van der Waals surface area contributed by atoms with Gasteiger partial charge < -0.3 is 20.1 Å². The average Bonchev–Trinajstić information content (AvgIpc) is 2.25. The van der Waals surface area contributed by atoms with Crippen molar-refractivity contribution in [1.29, 1.82) is 0 Å². The molecule has 0 spiro atoms. The third kappa shape index (κ3) is 3.77. The van der Waals surface area contributed by atoms with E-state index in [1.807, 2.05) is 13.8 Å². The maximum Gasteiger partial charge on any atom is 0.237 e. The zero-order chi connectivity index (χ0) is 11.3. The number of rotatable bonds is 4. The zero-order valence-electron chi connectivity index (χ0n) is 9.40. The van der Waals surface area contributed by atoms with Gasteiger partial charge in [0.15, 0.2) is 0 Å². The molecule has 5 heteroatoms. The summed E-state index contributed by atoms with van der Waals surface area (Å²) in [6.45, 7) is 5.85. The molecule has 5 nitrogen and oxygen atoms in total. The Morgan fingerprint density at radius 2 is 2.40 bits per heavy atom. The van der Waals surface area contributed by atoms with E-state index in [1.165, 1.54) is 0 Å². The van der Waals surface area contributed by atoms with Crippen molar-refractivity contribution in [3.05, 3.63) is 0 Å². The third-order valence-corrected chi connectivity index (χ3v) is 2.42. The Kier molecular flexibility index (Phi) is 5.01. The summed E-state index contributed by atoms with van der Waals surface area (Å²) in [6, 6.07) is 0.114. The van der Waals surface area contributed by atoms with Gasteiger partial charge in [0, 0.05) is 12.6 Å². The number of nitrogens with zero attached hydrogens (tertiary/aromatic N) is 1. The lowest BCUT2D eigenvalue weighted by Crippen LogP contribution is -2.53. The molecule has 0 aromatic heterocycles. The number of aliphatic hydroxyl groups excluding tert-OH is 1. The second-order valence-corrected chi connectivity index (χ2v) is 4.03.